The van der Waals surface area contributed by atoms with E-state index in [1.165, 1.54) is 6.42 Å². The molecule has 2 unspecified atom stereocenters. The number of hydrogen-bond acceptors (Lipinski definition) is 5. The van der Waals surface area contributed by atoms with Crippen LogP contribution in [-0.2, 0) is 0 Å². The highest BCUT2D eigenvalue weighted by molar-refractivity contribution is 5.47. The lowest BCUT2D eigenvalue weighted by atomic mass is 9.87. The molecule has 0 spiro atoms. The molecule has 5 nitrogen and oxygen atoms in total. The first-order valence-corrected chi connectivity index (χ1v) is 8.13. The second-order valence-corrected chi connectivity index (χ2v) is 6.25. The van der Waals surface area contributed by atoms with Crippen molar-refractivity contribution in [3.63, 3.8) is 0 Å². The molecule has 0 aromatic carbocycles. The van der Waals surface area contributed by atoms with Crippen LogP contribution in [0.25, 0.3) is 0 Å². The highest BCUT2D eigenvalue weighted by Gasteiger charge is 2.20. The van der Waals surface area contributed by atoms with Gasteiger partial charge in [0.25, 0.3) is 0 Å². The zero-order valence-electron chi connectivity index (χ0n) is 13.4. The Labute approximate surface area is 127 Å². The fraction of sp³-hybridized carbons (Fsp3) is 0.750. The molecule has 1 aliphatic rings. The van der Waals surface area contributed by atoms with Crippen LogP contribution in [0.4, 0.5) is 11.6 Å². The number of hydrogen-bond donors (Lipinski definition) is 3. The molecule has 1 fully saturated rings. The summed E-state index contributed by atoms with van der Waals surface area (Å²) in [6, 6.07) is 1.97. The maximum Gasteiger partial charge on any atom is 0.135 e. The van der Waals surface area contributed by atoms with E-state index in [-0.39, 0.29) is 6.10 Å². The predicted octanol–water partition coefficient (Wildman–Crippen LogP) is 2.99. The number of nitrogens with one attached hydrogen (secondary N) is 2. The van der Waals surface area contributed by atoms with Crippen molar-refractivity contribution in [3.8, 4) is 0 Å². The van der Waals surface area contributed by atoms with E-state index >= 15 is 0 Å². The third-order valence-electron chi connectivity index (χ3n) is 3.94. The maximum atomic E-state index is 9.74. The average molecular weight is 292 g/mol. The molecule has 1 saturated carbocycles. The van der Waals surface area contributed by atoms with Gasteiger partial charge in [-0.1, -0.05) is 20.3 Å². The zero-order valence-corrected chi connectivity index (χ0v) is 13.4. The molecule has 118 valence electrons. The van der Waals surface area contributed by atoms with Crippen LogP contribution in [0.1, 0.15) is 58.2 Å². The van der Waals surface area contributed by atoms with Crippen LogP contribution in [0.2, 0.25) is 0 Å². The van der Waals surface area contributed by atoms with Crippen molar-refractivity contribution < 1.29 is 5.11 Å². The lowest BCUT2D eigenvalue weighted by Crippen LogP contribution is -2.25. The predicted molar refractivity (Wildman–Crippen MR) is 86.7 cm³/mol. The van der Waals surface area contributed by atoms with E-state index < -0.39 is 0 Å². The van der Waals surface area contributed by atoms with E-state index in [4.69, 9.17) is 0 Å². The summed E-state index contributed by atoms with van der Waals surface area (Å²) in [6.45, 7) is 7.99. The van der Waals surface area contributed by atoms with E-state index in [1.807, 2.05) is 6.07 Å². The zero-order chi connectivity index (χ0) is 15.2. The van der Waals surface area contributed by atoms with Crippen LogP contribution < -0.4 is 10.6 Å². The fourth-order valence-corrected chi connectivity index (χ4v) is 2.78. The summed E-state index contributed by atoms with van der Waals surface area (Å²) in [5.41, 5.74) is 0. The minimum atomic E-state index is -0.125. The topological polar surface area (TPSA) is 70.1 Å². The summed E-state index contributed by atoms with van der Waals surface area (Å²) >= 11 is 0. The Bertz CT molecular complexity index is 450. The van der Waals surface area contributed by atoms with E-state index in [9.17, 15) is 5.11 Å². The van der Waals surface area contributed by atoms with Gasteiger partial charge in [0.2, 0.25) is 0 Å². The number of aromatic nitrogens is 2. The van der Waals surface area contributed by atoms with Crippen LogP contribution in [0.3, 0.4) is 0 Å². The first kappa shape index (κ1) is 16.0. The Morgan fingerprint density at radius 2 is 1.95 bits per heavy atom. The molecule has 1 aliphatic carbocycles. The van der Waals surface area contributed by atoms with Gasteiger partial charge in [0.1, 0.15) is 17.5 Å². The van der Waals surface area contributed by atoms with Crippen LogP contribution in [0.15, 0.2) is 6.07 Å². The number of aliphatic hydroxyl groups is 1. The van der Waals surface area contributed by atoms with Crippen LogP contribution in [0, 0.1) is 5.92 Å². The molecule has 1 heterocycles. The fourth-order valence-electron chi connectivity index (χ4n) is 2.78. The van der Waals surface area contributed by atoms with E-state index in [0.29, 0.717) is 11.8 Å². The molecule has 0 bridgehead atoms. The molecule has 0 radical (unpaired) electrons. The third kappa shape index (κ3) is 4.84. The summed E-state index contributed by atoms with van der Waals surface area (Å²) in [7, 11) is 0. The van der Waals surface area contributed by atoms with Gasteiger partial charge in [0.05, 0.1) is 6.10 Å². The molecule has 2 rings (SSSR count). The Balaban J connectivity index is 2.00. The summed E-state index contributed by atoms with van der Waals surface area (Å²) in [5.74, 6) is 3.46. The van der Waals surface area contributed by atoms with Gasteiger partial charge in [-0.15, -0.1) is 0 Å². The first-order valence-electron chi connectivity index (χ1n) is 8.13. The molecule has 0 amide bonds. The molecule has 3 N–H and O–H groups in total. The summed E-state index contributed by atoms with van der Waals surface area (Å²) in [6.07, 6.45) is 4.03. The molecule has 0 saturated heterocycles. The summed E-state index contributed by atoms with van der Waals surface area (Å²) in [4.78, 5) is 9.12. The first-order chi connectivity index (χ1) is 10.1. The van der Waals surface area contributed by atoms with Crippen molar-refractivity contribution in [2.75, 3.05) is 23.7 Å². The number of nitrogens with zero attached hydrogens (tertiary/aromatic N) is 2. The molecular formula is C16H28N4O. The highest BCUT2D eigenvalue weighted by Crippen LogP contribution is 2.25. The van der Waals surface area contributed by atoms with E-state index in [2.05, 4.69) is 41.4 Å². The SMILES string of the molecule is CCNc1cc(NCC2CCCC(O)C2)nc(C(C)C)n1. The molecule has 21 heavy (non-hydrogen) atoms. The Kier molecular flexibility index (Phi) is 5.79. The van der Waals surface area contributed by atoms with E-state index in [0.717, 1.165) is 49.8 Å². The van der Waals surface area contributed by atoms with Crippen LogP contribution >= 0.6 is 0 Å². The quantitative estimate of drug-likeness (QED) is 0.752. The third-order valence-corrected chi connectivity index (χ3v) is 3.94. The monoisotopic (exact) mass is 292 g/mol. The molecular weight excluding hydrogens is 264 g/mol. The van der Waals surface area contributed by atoms with Gasteiger partial charge in [-0.2, -0.15) is 0 Å². The molecule has 5 heteroatoms. The van der Waals surface area contributed by atoms with Gasteiger partial charge in [0, 0.05) is 25.1 Å². The smallest absolute Gasteiger partial charge is 0.135 e. The van der Waals surface area contributed by atoms with Gasteiger partial charge in [0.15, 0.2) is 0 Å². The maximum absolute atomic E-state index is 9.74. The molecule has 1 aromatic heterocycles. The largest absolute Gasteiger partial charge is 0.393 e. The molecule has 2 atom stereocenters. The minimum absolute atomic E-state index is 0.125. The van der Waals surface area contributed by atoms with Crippen molar-refractivity contribution in [3.05, 3.63) is 11.9 Å². The standard InChI is InChI=1S/C16H28N4O/c1-4-17-14-9-15(20-16(19-14)11(2)3)18-10-12-6-5-7-13(21)8-12/h9,11-13,21H,4-8,10H2,1-3H3,(H2,17,18,19,20). The van der Waals surface area contributed by atoms with Crippen LogP contribution in [0.5, 0.6) is 0 Å². The van der Waals surface area contributed by atoms with Gasteiger partial charge < -0.3 is 15.7 Å². The second-order valence-electron chi connectivity index (χ2n) is 6.25. The van der Waals surface area contributed by atoms with Crippen molar-refractivity contribution in [2.24, 2.45) is 5.92 Å². The Hall–Kier alpha value is -1.36. The normalized spacial score (nSPS) is 22.3. The summed E-state index contributed by atoms with van der Waals surface area (Å²) in [5, 5.41) is 16.4. The van der Waals surface area contributed by atoms with Crippen molar-refractivity contribution >= 4 is 11.6 Å². The lowest BCUT2D eigenvalue weighted by Gasteiger charge is -2.26. The van der Waals surface area contributed by atoms with Crippen molar-refractivity contribution in [1.29, 1.82) is 0 Å². The van der Waals surface area contributed by atoms with Gasteiger partial charge in [-0.25, -0.2) is 9.97 Å². The number of rotatable bonds is 6. The van der Waals surface area contributed by atoms with Crippen molar-refractivity contribution in [1.82, 2.24) is 9.97 Å². The van der Waals surface area contributed by atoms with Gasteiger partial charge >= 0.3 is 0 Å². The van der Waals surface area contributed by atoms with Crippen molar-refractivity contribution in [2.45, 2.75) is 58.5 Å². The molecule has 1 aromatic rings. The van der Waals surface area contributed by atoms with E-state index in [1.54, 1.807) is 0 Å². The molecule has 0 aliphatic heterocycles. The number of aliphatic hydroxyl groups excluding tert-OH is 1. The van der Waals surface area contributed by atoms with Crippen LogP contribution in [-0.4, -0.2) is 34.3 Å². The Morgan fingerprint density at radius 3 is 2.57 bits per heavy atom. The average Bonchev–Trinajstić information content (AvgIpc) is 2.45. The minimum Gasteiger partial charge on any atom is -0.393 e. The Morgan fingerprint density at radius 1 is 1.24 bits per heavy atom. The second kappa shape index (κ2) is 7.59. The highest BCUT2D eigenvalue weighted by atomic mass is 16.3. The summed E-state index contributed by atoms with van der Waals surface area (Å²) < 4.78 is 0. The van der Waals surface area contributed by atoms with Gasteiger partial charge in [-0.3, -0.25) is 0 Å². The lowest BCUT2D eigenvalue weighted by molar-refractivity contribution is 0.104. The number of anilines is 2. The van der Waals surface area contributed by atoms with Gasteiger partial charge in [-0.05, 0) is 32.1 Å².